The first-order valence-electron chi connectivity index (χ1n) is 7.07. The highest BCUT2D eigenvalue weighted by Gasteiger charge is 2.13. The highest BCUT2D eigenvalue weighted by molar-refractivity contribution is 7.15. The van der Waals surface area contributed by atoms with Gasteiger partial charge in [0.05, 0.1) is 11.6 Å². The summed E-state index contributed by atoms with van der Waals surface area (Å²) >= 11 is 7.53. The molecule has 0 aliphatic rings. The maximum atomic E-state index is 12.1. The van der Waals surface area contributed by atoms with Crippen LogP contribution in [0.4, 0.5) is 0 Å². The van der Waals surface area contributed by atoms with Crippen LogP contribution in [0.5, 0.6) is 5.75 Å². The largest absolute Gasteiger partial charge is 0.506 e. The van der Waals surface area contributed by atoms with Crippen LogP contribution in [0.25, 0.3) is 10.6 Å². The molecule has 8 heteroatoms. The molecule has 3 aromatic rings. The lowest BCUT2D eigenvalue weighted by Crippen LogP contribution is -2.36. The molecule has 24 heavy (non-hydrogen) atoms. The highest BCUT2D eigenvalue weighted by Crippen LogP contribution is 2.37. The molecule has 0 unspecified atom stereocenters. The number of benzene rings is 1. The van der Waals surface area contributed by atoms with Crippen LogP contribution in [0.2, 0.25) is 5.02 Å². The number of thiazole rings is 1. The van der Waals surface area contributed by atoms with Crippen molar-refractivity contribution in [2.24, 2.45) is 7.05 Å². The maximum absolute atomic E-state index is 12.1. The van der Waals surface area contributed by atoms with Crippen molar-refractivity contribution in [1.82, 2.24) is 14.1 Å². The van der Waals surface area contributed by atoms with Crippen molar-refractivity contribution in [3.05, 3.63) is 66.9 Å². The predicted molar refractivity (Wildman–Crippen MR) is 94.0 cm³/mol. The fraction of sp³-hybridized carbons (Fsp3) is 0.188. The number of hydrogen-bond acceptors (Lipinski definition) is 5. The summed E-state index contributed by atoms with van der Waals surface area (Å²) in [5.41, 5.74) is 0.795. The number of nitrogens with zero attached hydrogens (tertiary/aromatic N) is 3. The van der Waals surface area contributed by atoms with Crippen molar-refractivity contribution in [2.75, 3.05) is 0 Å². The first-order valence-corrected chi connectivity index (χ1v) is 8.27. The Hall–Kier alpha value is -2.38. The number of aromatic nitrogens is 3. The van der Waals surface area contributed by atoms with E-state index in [0.717, 1.165) is 15.0 Å². The number of phenolic OH excluding ortho intramolecular Hbond substituents is 1. The third-order valence-electron chi connectivity index (χ3n) is 3.57. The Morgan fingerprint density at radius 2 is 2.08 bits per heavy atom. The van der Waals surface area contributed by atoms with E-state index in [1.807, 2.05) is 13.0 Å². The van der Waals surface area contributed by atoms with Crippen LogP contribution >= 0.6 is 22.9 Å². The zero-order valence-corrected chi connectivity index (χ0v) is 14.6. The summed E-state index contributed by atoms with van der Waals surface area (Å²) in [5, 5.41) is 10.8. The van der Waals surface area contributed by atoms with Crippen LogP contribution in [-0.2, 0) is 13.6 Å². The average molecular weight is 364 g/mol. The number of halogens is 1. The molecule has 0 bridgehead atoms. The van der Waals surface area contributed by atoms with Crippen LogP contribution in [0.3, 0.4) is 0 Å². The number of phenols is 1. The Morgan fingerprint density at radius 3 is 2.83 bits per heavy atom. The van der Waals surface area contributed by atoms with Gasteiger partial charge in [0, 0.05) is 35.9 Å². The Bertz CT molecular complexity index is 1040. The highest BCUT2D eigenvalue weighted by atomic mass is 35.5. The van der Waals surface area contributed by atoms with Crippen molar-refractivity contribution < 1.29 is 5.11 Å². The molecule has 1 N–H and O–H groups in total. The van der Waals surface area contributed by atoms with Gasteiger partial charge in [-0.1, -0.05) is 11.6 Å². The second-order valence-electron chi connectivity index (χ2n) is 5.40. The minimum atomic E-state index is -0.385. The van der Waals surface area contributed by atoms with Gasteiger partial charge in [-0.05, 0) is 24.6 Å². The van der Waals surface area contributed by atoms with Gasteiger partial charge in [0.1, 0.15) is 10.8 Å². The van der Waals surface area contributed by atoms with E-state index in [-0.39, 0.29) is 22.0 Å². The Labute approximate surface area is 146 Å². The molecule has 6 nitrogen and oxygen atoms in total. The Morgan fingerprint density at radius 1 is 1.33 bits per heavy atom. The minimum Gasteiger partial charge on any atom is -0.506 e. The fourth-order valence-corrected chi connectivity index (χ4v) is 3.50. The van der Waals surface area contributed by atoms with Crippen molar-refractivity contribution >= 4 is 22.9 Å². The Kier molecular flexibility index (Phi) is 4.29. The fourth-order valence-electron chi connectivity index (χ4n) is 2.31. The minimum absolute atomic E-state index is 0.0118. The van der Waals surface area contributed by atoms with Gasteiger partial charge in [-0.2, -0.15) is 0 Å². The molecule has 0 radical (unpaired) electrons. The first-order chi connectivity index (χ1) is 11.4. The SMILES string of the molecule is Cc1cc(O)c(Cl)c(-c2ncc(Cn3ccc(=O)n(C)c3=O)s2)c1. The molecule has 124 valence electrons. The molecular formula is C16H14ClN3O3S. The van der Waals surface area contributed by atoms with Gasteiger partial charge in [-0.25, -0.2) is 9.78 Å². The molecule has 0 aliphatic heterocycles. The molecule has 0 saturated heterocycles. The van der Waals surface area contributed by atoms with Gasteiger partial charge >= 0.3 is 5.69 Å². The van der Waals surface area contributed by atoms with Gasteiger partial charge in [-0.3, -0.25) is 13.9 Å². The summed E-state index contributed by atoms with van der Waals surface area (Å²) in [4.78, 5) is 28.7. The molecule has 0 atom stereocenters. The van der Waals surface area contributed by atoms with Crippen molar-refractivity contribution in [2.45, 2.75) is 13.5 Å². The summed E-state index contributed by atoms with van der Waals surface area (Å²) in [6.07, 6.45) is 3.13. The van der Waals surface area contributed by atoms with E-state index < -0.39 is 0 Å². The van der Waals surface area contributed by atoms with Gasteiger partial charge in [0.2, 0.25) is 0 Å². The summed E-state index contributed by atoms with van der Waals surface area (Å²) < 4.78 is 2.49. The second-order valence-corrected chi connectivity index (χ2v) is 6.89. The van der Waals surface area contributed by atoms with Crippen LogP contribution in [0.1, 0.15) is 10.4 Å². The molecule has 1 aromatic carbocycles. The zero-order chi connectivity index (χ0) is 17.4. The average Bonchev–Trinajstić information content (AvgIpc) is 3.00. The van der Waals surface area contributed by atoms with Crippen LogP contribution in [-0.4, -0.2) is 19.2 Å². The second kappa shape index (κ2) is 6.26. The molecule has 0 spiro atoms. The van der Waals surface area contributed by atoms with Gasteiger partial charge < -0.3 is 5.11 Å². The van der Waals surface area contributed by atoms with Crippen LogP contribution < -0.4 is 11.2 Å². The lowest BCUT2D eigenvalue weighted by atomic mass is 10.1. The number of aryl methyl sites for hydroxylation is 1. The summed E-state index contributed by atoms with van der Waals surface area (Å²) in [6, 6.07) is 4.78. The molecule has 2 aromatic heterocycles. The molecule has 0 saturated carbocycles. The summed E-state index contributed by atoms with van der Waals surface area (Å²) in [5.74, 6) is 0.0118. The zero-order valence-electron chi connectivity index (χ0n) is 13.0. The van der Waals surface area contributed by atoms with E-state index in [1.165, 1.54) is 35.2 Å². The van der Waals surface area contributed by atoms with E-state index in [0.29, 0.717) is 17.1 Å². The number of hydrogen-bond donors (Lipinski definition) is 1. The lowest BCUT2D eigenvalue weighted by molar-refractivity contribution is 0.475. The molecule has 0 amide bonds. The standard InChI is InChI=1S/C16H14ClN3O3S/c1-9-5-11(14(17)12(21)6-9)15-18-7-10(24-15)8-20-4-3-13(22)19(2)16(20)23/h3-7,21H,8H2,1-2H3. The van der Waals surface area contributed by atoms with E-state index >= 15 is 0 Å². The van der Waals surface area contributed by atoms with E-state index in [2.05, 4.69) is 4.98 Å². The van der Waals surface area contributed by atoms with Crippen molar-refractivity contribution in [3.8, 4) is 16.3 Å². The van der Waals surface area contributed by atoms with Crippen molar-refractivity contribution in [3.63, 3.8) is 0 Å². The summed E-state index contributed by atoms with van der Waals surface area (Å²) in [6.45, 7) is 2.16. The summed E-state index contributed by atoms with van der Waals surface area (Å²) in [7, 11) is 1.44. The predicted octanol–water partition coefficient (Wildman–Crippen LogP) is 2.39. The normalized spacial score (nSPS) is 11.0. The Balaban J connectivity index is 1.97. The monoisotopic (exact) mass is 363 g/mol. The lowest BCUT2D eigenvalue weighted by Gasteiger charge is -2.05. The van der Waals surface area contributed by atoms with Gasteiger partial charge in [0.25, 0.3) is 5.56 Å². The first kappa shape index (κ1) is 16.5. The van der Waals surface area contributed by atoms with Crippen LogP contribution in [0, 0.1) is 6.92 Å². The molecular weight excluding hydrogens is 350 g/mol. The topological polar surface area (TPSA) is 77.1 Å². The number of rotatable bonds is 3. The van der Waals surface area contributed by atoms with Crippen molar-refractivity contribution in [1.29, 1.82) is 0 Å². The molecule has 3 rings (SSSR count). The molecule has 0 aliphatic carbocycles. The van der Waals surface area contributed by atoms with Crippen LogP contribution in [0.15, 0.2) is 40.2 Å². The smallest absolute Gasteiger partial charge is 0.331 e. The third kappa shape index (κ3) is 3.00. The van der Waals surface area contributed by atoms with E-state index in [1.54, 1.807) is 12.3 Å². The quantitative estimate of drug-likeness (QED) is 0.775. The maximum Gasteiger partial charge on any atom is 0.331 e. The molecule has 2 heterocycles. The van der Waals surface area contributed by atoms with E-state index in [9.17, 15) is 14.7 Å². The number of aromatic hydroxyl groups is 1. The van der Waals surface area contributed by atoms with Gasteiger partial charge in [-0.15, -0.1) is 11.3 Å². The molecule has 0 fully saturated rings. The van der Waals surface area contributed by atoms with E-state index in [4.69, 9.17) is 11.6 Å². The third-order valence-corrected chi connectivity index (χ3v) is 4.98. The van der Waals surface area contributed by atoms with Gasteiger partial charge in [0.15, 0.2) is 0 Å².